The zero-order valence-corrected chi connectivity index (χ0v) is 25.2. The van der Waals surface area contributed by atoms with E-state index in [4.69, 9.17) is 18.8 Å². The minimum absolute atomic E-state index is 0.0527. The first-order valence-electron chi connectivity index (χ1n) is 14.2. The van der Waals surface area contributed by atoms with Crippen LogP contribution in [0, 0.1) is 5.92 Å². The maximum Gasteiger partial charge on any atom is 0.498 e. The van der Waals surface area contributed by atoms with Crippen LogP contribution in [0.5, 0.6) is 6.01 Å². The Balaban J connectivity index is 1.51. The van der Waals surface area contributed by atoms with Crippen LogP contribution in [0.2, 0.25) is 0 Å². The van der Waals surface area contributed by atoms with Crippen LogP contribution < -0.4 is 15.5 Å². The van der Waals surface area contributed by atoms with Gasteiger partial charge in [0.1, 0.15) is 11.6 Å². The third kappa shape index (κ3) is 8.30. The molecule has 0 aliphatic carbocycles. The highest BCUT2D eigenvalue weighted by molar-refractivity contribution is 6.61. The summed E-state index contributed by atoms with van der Waals surface area (Å²) in [6.07, 6.45) is 7.30. The van der Waals surface area contributed by atoms with E-state index in [1.54, 1.807) is 33.2 Å². The van der Waals surface area contributed by atoms with Crippen LogP contribution in [0.4, 0.5) is 4.79 Å². The highest BCUT2D eigenvalue weighted by atomic mass is 16.7. The highest BCUT2D eigenvalue weighted by Crippen LogP contribution is 2.36. The Kier molecular flexibility index (Phi) is 9.91. The van der Waals surface area contributed by atoms with Crippen molar-refractivity contribution in [3.8, 4) is 6.01 Å². The van der Waals surface area contributed by atoms with Gasteiger partial charge in [0.05, 0.1) is 17.8 Å². The molecule has 1 N–H and O–H groups in total. The van der Waals surface area contributed by atoms with Gasteiger partial charge >= 0.3 is 19.2 Å². The summed E-state index contributed by atoms with van der Waals surface area (Å²) in [5.41, 5.74) is -0.736. The van der Waals surface area contributed by atoms with Gasteiger partial charge in [-0.05, 0) is 86.5 Å². The third-order valence-corrected chi connectivity index (χ3v) is 7.60. The van der Waals surface area contributed by atoms with E-state index in [9.17, 15) is 9.59 Å². The molecule has 2 atom stereocenters. The average molecular weight is 547 g/mol. The molecule has 10 nitrogen and oxygen atoms in total. The van der Waals surface area contributed by atoms with Gasteiger partial charge in [0.2, 0.25) is 5.91 Å². The first-order chi connectivity index (χ1) is 18.1. The van der Waals surface area contributed by atoms with Gasteiger partial charge < -0.3 is 29.0 Å². The SMILES string of the molecule is CC(C)[C@H](NC(=O)OC(C)(C)C)C(=O)N1CCCC[C@@H]1CCCOc1ncc(B2OC(C)(C)C(C)(C)O2)cn1. The number of amides is 2. The molecule has 2 aliphatic heterocycles. The van der Waals surface area contributed by atoms with Crippen molar-refractivity contribution in [3.05, 3.63) is 12.4 Å². The van der Waals surface area contributed by atoms with Gasteiger partial charge in [0.25, 0.3) is 0 Å². The highest BCUT2D eigenvalue weighted by Gasteiger charge is 2.52. The van der Waals surface area contributed by atoms with Gasteiger partial charge in [-0.25, -0.2) is 14.8 Å². The van der Waals surface area contributed by atoms with Crippen LogP contribution in [-0.2, 0) is 18.8 Å². The summed E-state index contributed by atoms with van der Waals surface area (Å²) in [6, 6.07) is -0.232. The number of alkyl carbamates (subject to hydrolysis) is 1. The van der Waals surface area contributed by atoms with E-state index in [1.807, 2.05) is 46.4 Å². The molecule has 0 aromatic carbocycles. The Hall–Kier alpha value is -2.40. The number of carbonyl (C=O) groups excluding carboxylic acids is 2. The monoisotopic (exact) mass is 546 g/mol. The number of piperidine rings is 1. The van der Waals surface area contributed by atoms with E-state index in [2.05, 4.69) is 15.3 Å². The fourth-order valence-electron chi connectivity index (χ4n) is 4.70. The predicted octanol–water partition coefficient (Wildman–Crippen LogP) is 3.87. The zero-order chi connectivity index (χ0) is 29.0. The molecule has 3 rings (SSSR count). The number of nitrogens with zero attached hydrogens (tertiary/aromatic N) is 3. The molecule has 0 radical (unpaired) electrons. The van der Waals surface area contributed by atoms with E-state index in [1.165, 1.54) is 0 Å². The number of likely N-dealkylation sites (tertiary alicyclic amines) is 1. The minimum Gasteiger partial charge on any atom is -0.463 e. The number of ether oxygens (including phenoxy) is 2. The maximum absolute atomic E-state index is 13.5. The smallest absolute Gasteiger partial charge is 0.463 e. The second-order valence-corrected chi connectivity index (χ2v) is 12.9. The number of hydrogen-bond donors (Lipinski definition) is 1. The first-order valence-corrected chi connectivity index (χ1v) is 14.2. The van der Waals surface area contributed by atoms with E-state index in [0.717, 1.165) is 37.6 Å². The van der Waals surface area contributed by atoms with Gasteiger partial charge in [-0.3, -0.25) is 4.79 Å². The van der Waals surface area contributed by atoms with Crippen LogP contribution in [-0.4, -0.2) is 76.0 Å². The largest absolute Gasteiger partial charge is 0.498 e. The lowest BCUT2D eigenvalue weighted by Gasteiger charge is -2.39. The quantitative estimate of drug-likeness (QED) is 0.367. The summed E-state index contributed by atoms with van der Waals surface area (Å²) in [5, 5.41) is 2.80. The fraction of sp³-hybridized carbons (Fsp3) is 0.786. The van der Waals surface area contributed by atoms with Gasteiger partial charge in [-0.15, -0.1) is 0 Å². The molecule has 2 fully saturated rings. The van der Waals surface area contributed by atoms with Gasteiger partial charge in [-0.2, -0.15) is 0 Å². The van der Waals surface area contributed by atoms with Gasteiger partial charge in [-0.1, -0.05) is 13.8 Å². The minimum atomic E-state index is -0.632. The fourth-order valence-corrected chi connectivity index (χ4v) is 4.70. The molecule has 0 spiro atoms. The van der Waals surface area contributed by atoms with E-state index in [0.29, 0.717) is 19.2 Å². The number of carbonyl (C=O) groups is 2. The summed E-state index contributed by atoms with van der Waals surface area (Å²) in [5.74, 6) is -0.115. The van der Waals surface area contributed by atoms with E-state index in [-0.39, 0.29) is 17.9 Å². The number of rotatable bonds is 9. The standard InChI is InChI=1S/C28H47BN4O6/c1-19(2)22(32-25(35)37-26(3,4)5)23(34)33-15-11-10-13-21(33)14-12-16-36-24-30-17-20(18-31-24)29-38-27(6,7)28(8,9)39-29/h17-19,21-22H,10-16H2,1-9H3,(H,32,35)/t21-,22+/m1/s1. The molecular formula is C28H47BN4O6. The first kappa shape index (κ1) is 31.1. The van der Waals surface area contributed by atoms with Crippen LogP contribution >= 0.6 is 0 Å². The molecular weight excluding hydrogens is 499 g/mol. The number of nitrogens with one attached hydrogen (secondary N) is 1. The van der Waals surface area contributed by atoms with Crippen molar-refractivity contribution in [1.29, 1.82) is 0 Å². The van der Waals surface area contributed by atoms with Crippen LogP contribution in [0.1, 0.15) is 94.4 Å². The van der Waals surface area contributed by atoms with Crippen molar-refractivity contribution in [2.45, 2.75) is 123 Å². The molecule has 1 aromatic rings. The van der Waals surface area contributed by atoms with Gasteiger partial charge in [0.15, 0.2) is 0 Å². The van der Waals surface area contributed by atoms with Crippen molar-refractivity contribution < 1.29 is 28.4 Å². The summed E-state index contributed by atoms with van der Waals surface area (Å²) < 4.78 is 23.3. The molecule has 3 heterocycles. The van der Waals surface area contributed by atoms with Crippen molar-refractivity contribution >= 4 is 24.6 Å². The molecule has 2 aliphatic rings. The second-order valence-electron chi connectivity index (χ2n) is 12.9. The molecule has 2 saturated heterocycles. The Morgan fingerprint density at radius 3 is 2.31 bits per heavy atom. The maximum atomic E-state index is 13.5. The molecule has 39 heavy (non-hydrogen) atoms. The van der Waals surface area contributed by atoms with Crippen LogP contribution in [0.25, 0.3) is 0 Å². The van der Waals surface area contributed by atoms with E-state index >= 15 is 0 Å². The lowest BCUT2D eigenvalue weighted by atomic mass is 9.81. The zero-order valence-electron chi connectivity index (χ0n) is 25.2. The molecule has 0 bridgehead atoms. The Bertz CT molecular complexity index is 963. The number of hydrogen-bond acceptors (Lipinski definition) is 8. The lowest BCUT2D eigenvalue weighted by molar-refractivity contribution is -0.138. The summed E-state index contributed by atoms with van der Waals surface area (Å²) in [4.78, 5) is 36.5. The summed E-state index contributed by atoms with van der Waals surface area (Å²) in [7, 11) is -0.515. The lowest BCUT2D eigenvalue weighted by Crippen LogP contribution is -2.55. The molecule has 11 heteroatoms. The summed E-state index contributed by atoms with van der Waals surface area (Å²) >= 11 is 0. The Morgan fingerprint density at radius 2 is 1.74 bits per heavy atom. The Labute approximate surface area is 234 Å². The third-order valence-electron chi connectivity index (χ3n) is 7.60. The summed E-state index contributed by atoms with van der Waals surface area (Å²) in [6.45, 7) is 18.4. The van der Waals surface area contributed by atoms with E-state index < -0.39 is 36.1 Å². The van der Waals surface area contributed by atoms with Crippen LogP contribution in [0.15, 0.2) is 12.4 Å². The van der Waals surface area contributed by atoms with Crippen molar-refractivity contribution in [3.63, 3.8) is 0 Å². The van der Waals surface area contributed by atoms with Crippen LogP contribution in [0.3, 0.4) is 0 Å². The van der Waals surface area contributed by atoms with Crippen molar-refractivity contribution in [1.82, 2.24) is 20.2 Å². The van der Waals surface area contributed by atoms with Crippen molar-refractivity contribution in [2.75, 3.05) is 13.2 Å². The number of aromatic nitrogens is 2. The molecule has 218 valence electrons. The molecule has 0 unspecified atom stereocenters. The second kappa shape index (κ2) is 12.4. The Morgan fingerprint density at radius 1 is 1.13 bits per heavy atom. The normalized spacial score (nSPS) is 21.5. The molecule has 1 aromatic heterocycles. The average Bonchev–Trinajstić information content (AvgIpc) is 3.06. The molecule has 0 saturated carbocycles. The van der Waals surface area contributed by atoms with Crippen molar-refractivity contribution in [2.24, 2.45) is 5.92 Å². The topological polar surface area (TPSA) is 112 Å². The molecule has 2 amide bonds. The van der Waals surface area contributed by atoms with Gasteiger partial charge in [0, 0.05) is 30.4 Å². The predicted molar refractivity (Wildman–Crippen MR) is 150 cm³/mol.